The number of nitrogens with one attached hydrogen (secondary N) is 1. The van der Waals surface area contributed by atoms with Crippen LogP contribution in [0.1, 0.15) is 37.8 Å². The van der Waals surface area contributed by atoms with Crippen LogP contribution >= 0.6 is 0 Å². The van der Waals surface area contributed by atoms with Crippen molar-refractivity contribution >= 4 is 5.69 Å². The molecule has 106 valence electrons. The van der Waals surface area contributed by atoms with E-state index in [0.29, 0.717) is 12.1 Å². The number of nitrogens with zero attached hydrogens (tertiary/aromatic N) is 1. The SMILES string of the molecule is Cc1cc(CNC(C)C)ccc1N1CCCC1CO. The highest BCUT2D eigenvalue weighted by Gasteiger charge is 2.24. The highest BCUT2D eigenvalue weighted by atomic mass is 16.3. The lowest BCUT2D eigenvalue weighted by atomic mass is 10.1. The maximum atomic E-state index is 9.44. The summed E-state index contributed by atoms with van der Waals surface area (Å²) in [4.78, 5) is 2.36. The maximum absolute atomic E-state index is 9.44. The largest absolute Gasteiger partial charge is 0.394 e. The summed E-state index contributed by atoms with van der Waals surface area (Å²) in [6.45, 7) is 8.74. The van der Waals surface area contributed by atoms with E-state index >= 15 is 0 Å². The van der Waals surface area contributed by atoms with Gasteiger partial charge in [0, 0.05) is 24.8 Å². The zero-order chi connectivity index (χ0) is 13.8. The molecule has 1 atom stereocenters. The van der Waals surface area contributed by atoms with Crippen LogP contribution in [-0.4, -0.2) is 30.3 Å². The number of aliphatic hydroxyl groups excluding tert-OH is 1. The van der Waals surface area contributed by atoms with Gasteiger partial charge in [-0.2, -0.15) is 0 Å². The van der Waals surface area contributed by atoms with E-state index in [4.69, 9.17) is 0 Å². The summed E-state index contributed by atoms with van der Waals surface area (Å²) < 4.78 is 0. The first-order chi connectivity index (χ1) is 9.11. The molecule has 19 heavy (non-hydrogen) atoms. The number of aliphatic hydroxyl groups is 1. The second-order valence-electron chi connectivity index (χ2n) is 5.83. The van der Waals surface area contributed by atoms with Crippen molar-refractivity contribution in [3.63, 3.8) is 0 Å². The second-order valence-corrected chi connectivity index (χ2v) is 5.83. The summed E-state index contributed by atoms with van der Waals surface area (Å²) >= 11 is 0. The summed E-state index contributed by atoms with van der Waals surface area (Å²) in [5.41, 5.74) is 3.92. The Bertz CT molecular complexity index is 417. The van der Waals surface area contributed by atoms with Gasteiger partial charge in [0.1, 0.15) is 0 Å². The van der Waals surface area contributed by atoms with E-state index in [1.165, 1.54) is 23.2 Å². The molecule has 1 unspecified atom stereocenters. The van der Waals surface area contributed by atoms with E-state index in [2.05, 4.69) is 49.2 Å². The van der Waals surface area contributed by atoms with Gasteiger partial charge >= 0.3 is 0 Å². The van der Waals surface area contributed by atoms with E-state index in [-0.39, 0.29) is 6.61 Å². The van der Waals surface area contributed by atoms with E-state index < -0.39 is 0 Å². The summed E-state index contributed by atoms with van der Waals surface area (Å²) in [6.07, 6.45) is 2.29. The molecule has 1 fully saturated rings. The Kier molecular flexibility index (Phi) is 4.83. The topological polar surface area (TPSA) is 35.5 Å². The Morgan fingerprint density at radius 2 is 2.21 bits per heavy atom. The smallest absolute Gasteiger partial charge is 0.0635 e. The maximum Gasteiger partial charge on any atom is 0.0635 e. The molecule has 0 saturated carbocycles. The molecule has 0 radical (unpaired) electrons. The average molecular weight is 262 g/mol. The van der Waals surface area contributed by atoms with Gasteiger partial charge in [0.05, 0.1) is 12.6 Å². The zero-order valence-corrected chi connectivity index (χ0v) is 12.3. The number of rotatable bonds is 5. The Balaban J connectivity index is 2.10. The van der Waals surface area contributed by atoms with Gasteiger partial charge in [0.25, 0.3) is 0 Å². The van der Waals surface area contributed by atoms with Crippen molar-refractivity contribution in [1.82, 2.24) is 5.32 Å². The van der Waals surface area contributed by atoms with Crippen LogP contribution in [0.5, 0.6) is 0 Å². The minimum absolute atomic E-state index is 0.260. The van der Waals surface area contributed by atoms with Crippen LogP contribution in [0.3, 0.4) is 0 Å². The molecule has 3 nitrogen and oxygen atoms in total. The van der Waals surface area contributed by atoms with Gasteiger partial charge in [0.2, 0.25) is 0 Å². The fraction of sp³-hybridized carbons (Fsp3) is 0.625. The van der Waals surface area contributed by atoms with Gasteiger partial charge in [-0.1, -0.05) is 26.0 Å². The van der Waals surface area contributed by atoms with Crippen molar-refractivity contribution < 1.29 is 5.11 Å². The second kappa shape index (κ2) is 6.40. The molecular weight excluding hydrogens is 236 g/mol. The van der Waals surface area contributed by atoms with Crippen LogP contribution in [0.15, 0.2) is 18.2 Å². The molecule has 1 heterocycles. The monoisotopic (exact) mass is 262 g/mol. The molecule has 3 heteroatoms. The standard InChI is InChI=1S/C16H26N2O/c1-12(2)17-10-14-6-7-16(13(3)9-14)18-8-4-5-15(18)11-19/h6-7,9,12,15,17,19H,4-5,8,10-11H2,1-3H3. The molecular formula is C16H26N2O. The third-order valence-electron chi connectivity index (χ3n) is 3.87. The van der Waals surface area contributed by atoms with Crippen molar-refractivity contribution in [3.05, 3.63) is 29.3 Å². The molecule has 2 N–H and O–H groups in total. The first-order valence-electron chi connectivity index (χ1n) is 7.32. The van der Waals surface area contributed by atoms with Gasteiger partial charge in [-0.25, -0.2) is 0 Å². The molecule has 0 bridgehead atoms. The highest BCUT2D eigenvalue weighted by Crippen LogP contribution is 2.28. The fourth-order valence-corrected chi connectivity index (χ4v) is 2.81. The Morgan fingerprint density at radius 1 is 1.42 bits per heavy atom. The molecule has 1 aromatic carbocycles. The molecule has 0 aromatic heterocycles. The normalized spacial score (nSPS) is 19.4. The van der Waals surface area contributed by atoms with Crippen molar-refractivity contribution in [3.8, 4) is 0 Å². The quantitative estimate of drug-likeness (QED) is 0.855. The van der Waals surface area contributed by atoms with Crippen LogP contribution in [0, 0.1) is 6.92 Å². The third kappa shape index (κ3) is 3.48. The molecule has 1 aromatic rings. The number of anilines is 1. The summed E-state index contributed by atoms with van der Waals surface area (Å²) in [6, 6.07) is 7.48. The Hall–Kier alpha value is -1.06. The third-order valence-corrected chi connectivity index (χ3v) is 3.87. The lowest BCUT2D eigenvalue weighted by Crippen LogP contribution is -2.32. The van der Waals surface area contributed by atoms with Crippen molar-refractivity contribution in [1.29, 1.82) is 0 Å². The zero-order valence-electron chi connectivity index (χ0n) is 12.3. The summed E-state index contributed by atoms with van der Waals surface area (Å²) in [7, 11) is 0. The van der Waals surface area contributed by atoms with Crippen LogP contribution in [0.25, 0.3) is 0 Å². The number of aryl methyl sites for hydroxylation is 1. The minimum atomic E-state index is 0.260. The van der Waals surface area contributed by atoms with Crippen molar-refractivity contribution in [2.24, 2.45) is 0 Å². The van der Waals surface area contributed by atoms with Crippen molar-refractivity contribution in [2.45, 2.75) is 52.2 Å². The molecule has 1 saturated heterocycles. The van der Waals surface area contributed by atoms with Gasteiger partial charge < -0.3 is 15.3 Å². The number of benzene rings is 1. The first-order valence-corrected chi connectivity index (χ1v) is 7.32. The average Bonchev–Trinajstić information content (AvgIpc) is 2.84. The summed E-state index contributed by atoms with van der Waals surface area (Å²) in [5, 5.41) is 12.9. The van der Waals surface area contributed by atoms with Gasteiger partial charge in [-0.3, -0.25) is 0 Å². The molecule has 1 aliphatic rings. The molecule has 0 aliphatic carbocycles. The predicted molar refractivity (Wildman–Crippen MR) is 80.6 cm³/mol. The van der Waals surface area contributed by atoms with E-state index in [0.717, 1.165) is 19.5 Å². The fourth-order valence-electron chi connectivity index (χ4n) is 2.81. The van der Waals surface area contributed by atoms with Gasteiger partial charge in [-0.15, -0.1) is 0 Å². The van der Waals surface area contributed by atoms with Crippen LogP contribution in [0.2, 0.25) is 0 Å². The lowest BCUT2D eigenvalue weighted by Gasteiger charge is -2.27. The van der Waals surface area contributed by atoms with Crippen LogP contribution < -0.4 is 10.2 Å². The Morgan fingerprint density at radius 3 is 2.84 bits per heavy atom. The van der Waals surface area contributed by atoms with Gasteiger partial charge in [0.15, 0.2) is 0 Å². The van der Waals surface area contributed by atoms with E-state index in [1.807, 2.05) is 0 Å². The molecule has 1 aliphatic heterocycles. The van der Waals surface area contributed by atoms with Crippen LogP contribution in [0.4, 0.5) is 5.69 Å². The molecule has 2 rings (SSSR count). The molecule has 0 spiro atoms. The van der Waals surface area contributed by atoms with Crippen molar-refractivity contribution in [2.75, 3.05) is 18.1 Å². The van der Waals surface area contributed by atoms with Crippen LogP contribution in [-0.2, 0) is 6.54 Å². The predicted octanol–water partition coefficient (Wildman–Crippen LogP) is 2.45. The van der Waals surface area contributed by atoms with E-state index in [1.54, 1.807) is 0 Å². The van der Waals surface area contributed by atoms with Gasteiger partial charge in [-0.05, 0) is 37.0 Å². The number of hydrogen-bond acceptors (Lipinski definition) is 3. The Labute approximate surface area is 116 Å². The first kappa shape index (κ1) is 14.4. The lowest BCUT2D eigenvalue weighted by molar-refractivity contribution is 0.266. The molecule has 0 amide bonds. The minimum Gasteiger partial charge on any atom is -0.394 e. The highest BCUT2D eigenvalue weighted by molar-refractivity contribution is 5.56. The summed E-state index contributed by atoms with van der Waals surface area (Å²) in [5.74, 6) is 0. The number of hydrogen-bond donors (Lipinski definition) is 2. The van der Waals surface area contributed by atoms with E-state index in [9.17, 15) is 5.11 Å².